The van der Waals surface area contributed by atoms with E-state index in [9.17, 15) is 43.8 Å². The van der Waals surface area contributed by atoms with Crippen LogP contribution < -0.4 is 26.6 Å². The Morgan fingerprint density at radius 1 is 0.687 bits per heavy atom. The molecule has 7 aromatic heterocycles. The predicted octanol–water partition coefficient (Wildman–Crippen LogP) is 6.08. The molecule has 1 saturated heterocycles. The summed E-state index contributed by atoms with van der Waals surface area (Å²) in [7, 11) is 1.46. The number of amides is 6. The van der Waals surface area contributed by atoms with Crippen LogP contribution in [0.2, 0.25) is 0 Å². The lowest BCUT2D eigenvalue weighted by molar-refractivity contribution is -0.148. The second-order valence-electron chi connectivity index (χ2n) is 19.4. The van der Waals surface area contributed by atoms with E-state index in [0.717, 1.165) is 22.7 Å². The van der Waals surface area contributed by atoms with Gasteiger partial charge >= 0.3 is 5.97 Å². The van der Waals surface area contributed by atoms with Crippen molar-refractivity contribution in [2.75, 3.05) is 26.7 Å². The van der Waals surface area contributed by atoms with Crippen molar-refractivity contribution < 1.29 is 48.5 Å². The highest BCUT2D eigenvalue weighted by atomic mass is 32.1. The smallest absolute Gasteiger partial charge is 0.326 e. The first-order chi connectivity index (χ1) is 40.1. The van der Waals surface area contributed by atoms with Crippen molar-refractivity contribution in [3.8, 4) is 43.4 Å². The molecule has 426 valence electrons. The maximum atomic E-state index is 14.2. The Morgan fingerprint density at radius 2 is 1.30 bits per heavy atom. The van der Waals surface area contributed by atoms with Crippen LogP contribution in [0.3, 0.4) is 0 Å². The molecule has 8 aromatic rings. The highest BCUT2D eigenvalue weighted by Crippen LogP contribution is 2.40. The lowest BCUT2D eigenvalue weighted by Gasteiger charge is -2.23. The molecule has 1 aromatic carbocycles. The third-order valence-corrected chi connectivity index (χ3v) is 18.9. The van der Waals surface area contributed by atoms with Crippen LogP contribution in [-0.2, 0) is 23.9 Å². The van der Waals surface area contributed by atoms with E-state index in [-0.39, 0.29) is 46.9 Å². The summed E-state index contributed by atoms with van der Waals surface area (Å²) in [6.45, 7) is 3.51. The molecule has 0 saturated carbocycles. The summed E-state index contributed by atoms with van der Waals surface area (Å²) in [6, 6.07) is 7.71. The average molecular weight is 1230 g/mol. The van der Waals surface area contributed by atoms with Crippen molar-refractivity contribution in [2.45, 2.75) is 69.4 Å². The number of thiazole rings is 6. The van der Waals surface area contributed by atoms with Gasteiger partial charge < -0.3 is 46.4 Å². The molecular formula is C53H48N14O10S6. The van der Waals surface area contributed by atoms with Gasteiger partial charge in [0.2, 0.25) is 17.7 Å². The summed E-state index contributed by atoms with van der Waals surface area (Å²) >= 11 is 7.10. The number of likely N-dealkylation sites (tertiary alicyclic amines) is 1. The quantitative estimate of drug-likeness (QED) is 0.0861. The third kappa shape index (κ3) is 12.2. The largest absolute Gasteiger partial charge is 0.480 e. The first-order valence-corrected chi connectivity index (χ1v) is 31.0. The number of nitrogens with zero attached hydrogens (tertiary/aromatic N) is 9. The fourth-order valence-electron chi connectivity index (χ4n) is 9.21. The number of aliphatic imine (C=N–C) groups is 1. The van der Waals surface area contributed by atoms with Crippen LogP contribution in [0.15, 0.2) is 79.7 Å². The number of carboxylic acids is 1. The molecule has 0 aliphatic carbocycles. The number of carboxylic acid groups (broad SMARTS) is 1. The van der Waals surface area contributed by atoms with Crippen molar-refractivity contribution in [3.63, 3.8) is 0 Å². The normalized spacial score (nSPS) is 19.9. The molecule has 10 heterocycles. The van der Waals surface area contributed by atoms with Crippen molar-refractivity contribution in [2.24, 2.45) is 10.9 Å². The number of aliphatic hydroxyl groups excluding tert-OH is 1. The molecule has 11 rings (SSSR count). The molecule has 0 spiro atoms. The summed E-state index contributed by atoms with van der Waals surface area (Å²) in [6.07, 6.45) is -0.548. The number of aliphatic carboxylic acids is 1. The van der Waals surface area contributed by atoms with Crippen molar-refractivity contribution in [1.82, 2.24) is 66.4 Å². The summed E-state index contributed by atoms with van der Waals surface area (Å²) in [5, 5.41) is 47.7. The van der Waals surface area contributed by atoms with E-state index in [1.54, 1.807) is 64.0 Å². The van der Waals surface area contributed by atoms with Crippen LogP contribution in [0.5, 0.6) is 0 Å². The van der Waals surface area contributed by atoms with E-state index < -0.39 is 84.3 Å². The van der Waals surface area contributed by atoms with Gasteiger partial charge in [0.15, 0.2) is 6.04 Å². The van der Waals surface area contributed by atoms with Gasteiger partial charge in [-0.1, -0.05) is 44.2 Å². The molecule has 83 heavy (non-hydrogen) atoms. The number of rotatable bonds is 9. The molecule has 24 nitrogen and oxygen atoms in total. The second kappa shape index (κ2) is 24.4. The number of aromatic nitrogens is 7. The molecular weight excluding hydrogens is 1190 g/mol. The first kappa shape index (κ1) is 56.7. The monoisotopic (exact) mass is 1230 g/mol. The molecule has 3 aliphatic rings. The number of ether oxygens (including phenoxy) is 1. The van der Waals surface area contributed by atoms with Crippen LogP contribution in [0.1, 0.15) is 115 Å². The summed E-state index contributed by atoms with van der Waals surface area (Å²) in [5.41, 5.74) is 3.01. The molecule has 1 fully saturated rings. The molecule has 6 atom stereocenters. The fourth-order valence-corrected chi connectivity index (χ4v) is 14.4. The summed E-state index contributed by atoms with van der Waals surface area (Å²) in [5.74, 6) is -4.42. The molecule has 0 radical (unpaired) electrons. The number of nitrogens with one attached hydrogen (secondary N) is 5. The van der Waals surface area contributed by atoms with Gasteiger partial charge in [-0.15, -0.1) is 68.0 Å². The van der Waals surface area contributed by atoms with Gasteiger partial charge in [-0.25, -0.2) is 44.7 Å². The predicted molar refractivity (Wildman–Crippen MR) is 310 cm³/mol. The maximum Gasteiger partial charge on any atom is 0.326 e. The Hall–Kier alpha value is -8.13. The Bertz CT molecular complexity index is 3830. The second-order valence-corrected chi connectivity index (χ2v) is 24.6. The zero-order valence-electron chi connectivity index (χ0n) is 43.9. The van der Waals surface area contributed by atoms with Crippen LogP contribution in [0, 0.1) is 5.92 Å². The van der Waals surface area contributed by atoms with Gasteiger partial charge in [-0.05, 0) is 36.5 Å². The lowest BCUT2D eigenvalue weighted by Crippen LogP contribution is -2.45. The van der Waals surface area contributed by atoms with Gasteiger partial charge in [0.25, 0.3) is 23.6 Å². The van der Waals surface area contributed by atoms with Gasteiger partial charge in [-0.2, -0.15) is 0 Å². The topological polar surface area (TPSA) is 335 Å². The molecule has 10 bridgehead atoms. The van der Waals surface area contributed by atoms with Crippen LogP contribution in [-0.4, -0.2) is 136 Å². The lowest BCUT2D eigenvalue weighted by atomic mass is 10.0. The zero-order chi connectivity index (χ0) is 58.1. The minimum Gasteiger partial charge on any atom is -0.480 e. The van der Waals surface area contributed by atoms with E-state index in [1.807, 2.05) is 13.8 Å². The molecule has 6 amide bonds. The van der Waals surface area contributed by atoms with E-state index in [4.69, 9.17) is 29.7 Å². The number of hydrogen-bond acceptors (Lipinski definition) is 23. The van der Waals surface area contributed by atoms with Crippen LogP contribution in [0.4, 0.5) is 0 Å². The SMILES string of the molecule is CNC(=O)C[C@H]1NC(=O)c2csc(n2)-c2ccc(-c3nc(C4=N[C@H](C(=O)N5CCC[C@H]5C(=O)O)CO4)cs3)nc2-c2csc(n2)-c2csc(n2)[C@H]([C@@H](O)c2ccccc2)NC(=O)CNC(=O)c2csc(n2)[C@H](C(C)C)NC(=O)c2csc1n2. The minimum absolute atomic E-state index is 0.0175. The van der Waals surface area contributed by atoms with Crippen LogP contribution in [0.25, 0.3) is 43.4 Å². The van der Waals surface area contributed by atoms with Gasteiger partial charge in [-0.3, -0.25) is 28.8 Å². The van der Waals surface area contributed by atoms with Crippen molar-refractivity contribution in [1.29, 1.82) is 0 Å². The van der Waals surface area contributed by atoms with E-state index in [1.165, 1.54) is 68.1 Å². The van der Waals surface area contributed by atoms with Gasteiger partial charge in [0.05, 0.1) is 30.7 Å². The Kier molecular flexibility index (Phi) is 16.7. The molecule has 3 aliphatic heterocycles. The number of pyridine rings is 1. The molecule has 30 heteroatoms. The Labute approximate surface area is 495 Å². The van der Waals surface area contributed by atoms with Gasteiger partial charge in [0.1, 0.15) is 94.7 Å². The van der Waals surface area contributed by atoms with Crippen molar-refractivity contribution >= 4 is 115 Å². The number of benzene rings is 1. The number of aliphatic hydroxyl groups is 1. The molecule has 0 unspecified atom stereocenters. The van der Waals surface area contributed by atoms with Crippen LogP contribution >= 0.6 is 68.0 Å². The fraction of sp³-hybridized carbons (Fsp3) is 0.302. The Morgan fingerprint density at radius 3 is 2.06 bits per heavy atom. The number of hydrogen-bond donors (Lipinski definition) is 7. The zero-order valence-corrected chi connectivity index (χ0v) is 48.8. The summed E-state index contributed by atoms with van der Waals surface area (Å²) in [4.78, 5) is 133. The number of carbonyl (C=O) groups excluding carboxylic acids is 6. The van der Waals surface area contributed by atoms with Gasteiger partial charge in [0, 0.05) is 51.4 Å². The first-order valence-electron chi connectivity index (χ1n) is 25.7. The Balaban J connectivity index is 0.954. The third-order valence-electron chi connectivity index (χ3n) is 13.5. The maximum absolute atomic E-state index is 14.2. The minimum atomic E-state index is -1.27. The van der Waals surface area contributed by atoms with E-state index in [0.29, 0.717) is 84.0 Å². The number of fused-ring (bicyclic) bond motifs is 14. The van der Waals surface area contributed by atoms with E-state index >= 15 is 0 Å². The molecule has 7 N–H and O–H groups in total. The standard InChI is InChI=1S/C53H48N14O10S6/c1-23(2)38-50-62-30(18-82-50)42(71)55-15-37(69)65-40(41(70)24-8-5-4-6-9-24)51-64-34(22-83-51)49-59-29(17-79-49)39-25(46-60-31(19-78-46)43(72)57-27(14-36(68)54-3)48-61-32(20-80-48)44(73)66-38)11-12-26(56-39)47-63-33(21-81-47)45-58-28(16-77-45)52(74)67-13-7-10-35(67)53(75)76/h4-6,8-9,11-12,17-23,27-28,35,38,40-41,70H,7,10,13-16H2,1-3H3,(H,54,68)(H,55,71)(H,57,72)(H,65,69)(H,66,73)(H,75,76)/t27-,28+,35+,38+,40+,41+/m1/s1. The average Bonchev–Trinajstić information content (AvgIpc) is 4.43. The van der Waals surface area contributed by atoms with Crippen molar-refractivity contribution in [3.05, 3.63) is 118 Å². The van der Waals surface area contributed by atoms with E-state index in [2.05, 4.69) is 41.5 Å². The number of carbonyl (C=O) groups is 7. The highest BCUT2D eigenvalue weighted by molar-refractivity contribution is 7.15. The summed E-state index contributed by atoms with van der Waals surface area (Å²) < 4.78 is 5.85. The highest BCUT2D eigenvalue weighted by Gasteiger charge is 2.40.